The van der Waals surface area contributed by atoms with Crippen LogP contribution >= 0.6 is 0 Å². The molecule has 4 nitrogen and oxygen atoms in total. The van der Waals surface area contributed by atoms with Crippen LogP contribution in [0.4, 0.5) is 0 Å². The average Bonchev–Trinajstić information content (AvgIpc) is 3.00. The molecule has 1 unspecified atom stereocenters. The van der Waals surface area contributed by atoms with Crippen molar-refractivity contribution in [1.82, 2.24) is 5.32 Å². The SMILES string of the molecule is O=C(CCc1ccc(OCc2ccccc2)cc1OCc1ccccc1)C(c1ccccc1)C1CCNCC1. The summed E-state index contributed by atoms with van der Waals surface area (Å²) in [4.78, 5) is 13.7. The summed E-state index contributed by atoms with van der Waals surface area (Å²) >= 11 is 0. The lowest BCUT2D eigenvalue weighted by atomic mass is 9.77. The largest absolute Gasteiger partial charge is 0.489 e. The van der Waals surface area contributed by atoms with E-state index in [2.05, 4.69) is 47.8 Å². The van der Waals surface area contributed by atoms with Crippen LogP contribution in [0.15, 0.2) is 109 Å². The Morgan fingerprint density at radius 2 is 1.33 bits per heavy atom. The number of aryl methyl sites for hydroxylation is 1. The van der Waals surface area contributed by atoms with Gasteiger partial charge in [0.25, 0.3) is 0 Å². The van der Waals surface area contributed by atoms with Crippen molar-refractivity contribution in [2.45, 2.75) is 44.8 Å². The Balaban J connectivity index is 1.31. The standard InChI is InChI=1S/C35H37NO3/c37-33(35(30-14-8-3-9-15-30)31-20-22-36-23-21-31)19-17-29-16-18-32(38-25-27-10-4-1-5-11-27)24-34(29)39-26-28-12-6-2-7-13-28/h1-16,18,24,31,35-36H,17,19-23,25-26H2. The van der Waals surface area contributed by atoms with Crippen molar-refractivity contribution < 1.29 is 14.3 Å². The van der Waals surface area contributed by atoms with E-state index in [1.165, 1.54) is 0 Å². The second-order valence-corrected chi connectivity index (χ2v) is 10.3. The molecule has 4 aromatic rings. The van der Waals surface area contributed by atoms with E-state index in [1.807, 2.05) is 66.7 Å². The fraction of sp³-hybridized carbons (Fsp3) is 0.286. The van der Waals surface area contributed by atoms with Crippen LogP contribution in [-0.4, -0.2) is 18.9 Å². The summed E-state index contributed by atoms with van der Waals surface area (Å²) < 4.78 is 12.4. The maximum Gasteiger partial charge on any atom is 0.140 e. The zero-order valence-corrected chi connectivity index (χ0v) is 22.4. The van der Waals surface area contributed by atoms with Crippen molar-refractivity contribution in [3.63, 3.8) is 0 Å². The van der Waals surface area contributed by atoms with Gasteiger partial charge < -0.3 is 14.8 Å². The smallest absolute Gasteiger partial charge is 0.140 e. The van der Waals surface area contributed by atoms with Crippen LogP contribution in [0.1, 0.15) is 47.4 Å². The average molecular weight is 520 g/mol. The van der Waals surface area contributed by atoms with Gasteiger partial charge >= 0.3 is 0 Å². The molecular formula is C35H37NO3. The molecule has 1 aliphatic rings. The van der Waals surface area contributed by atoms with Crippen molar-refractivity contribution in [2.24, 2.45) is 5.92 Å². The van der Waals surface area contributed by atoms with Gasteiger partial charge in [0.2, 0.25) is 0 Å². The summed E-state index contributed by atoms with van der Waals surface area (Å²) in [6.07, 6.45) is 3.18. The highest BCUT2D eigenvalue weighted by molar-refractivity contribution is 5.86. The Hall–Kier alpha value is -3.89. The summed E-state index contributed by atoms with van der Waals surface area (Å²) in [5, 5.41) is 3.44. The molecule has 200 valence electrons. The normalized spacial score (nSPS) is 14.5. The van der Waals surface area contributed by atoms with Gasteiger partial charge in [0.1, 0.15) is 30.5 Å². The molecule has 4 aromatic carbocycles. The molecule has 0 spiro atoms. The molecule has 1 fully saturated rings. The first-order chi connectivity index (χ1) is 19.3. The first-order valence-corrected chi connectivity index (χ1v) is 14.0. The number of piperidine rings is 1. The number of hydrogen-bond donors (Lipinski definition) is 1. The van der Waals surface area contributed by atoms with Crippen LogP contribution in [0.3, 0.4) is 0 Å². The first-order valence-electron chi connectivity index (χ1n) is 14.0. The maximum absolute atomic E-state index is 13.7. The molecule has 1 aliphatic heterocycles. The van der Waals surface area contributed by atoms with Gasteiger partial charge in [-0.3, -0.25) is 4.79 Å². The summed E-state index contributed by atoms with van der Waals surface area (Å²) in [7, 11) is 0. The van der Waals surface area contributed by atoms with Gasteiger partial charge in [0.15, 0.2) is 0 Å². The molecule has 1 saturated heterocycles. The highest BCUT2D eigenvalue weighted by atomic mass is 16.5. The van der Waals surface area contributed by atoms with Crippen molar-refractivity contribution in [2.75, 3.05) is 13.1 Å². The monoisotopic (exact) mass is 519 g/mol. The van der Waals surface area contributed by atoms with E-state index < -0.39 is 0 Å². The molecule has 0 bridgehead atoms. The lowest BCUT2D eigenvalue weighted by Crippen LogP contribution is -2.33. The fourth-order valence-electron chi connectivity index (χ4n) is 5.41. The molecular weight excluding hydrogens is 482 g/mol. The molecule has 0 saturated carbocycles. The number of ketones is 1. The van der Waals surface area contributed by atoms with E-state index in [0.717, 1.165) is 59.7 Å². The Bertz CT molecular complexity index is 1300. The van der Waals surface area contributed by atoms with Gasteiger partial charge in [-0.1, -0.05) is 97.1 Å². The van der Waals surface area contributed by atoms with Crippen molar-refractivity contribution >= 4 is 5.78 Å². The minimum Gasteiger partial charge on any atom is -0.489 e. The van der Waals surface area contributed by atoms with Crippen molar-refractivity contribution in [3.05, 3.63) is 131 Å². The first kappa shape index (κ1) is 26.7. The molecule has 0 amide bonds. The number of ether oxygens (including phenoxy) is 2. The van der Waals surface area contributed by atoms with Gasteiger partial charge in [0, 0.05) is 18.4 Å². The van der Waals surface area contributed by atoms with E-state index in [1.54, 1.807) is 0 Å². The molecule has 5 rings (SSSR count). The number of Topliss-reactive ketones (excluding diaryl/α,β-unsaturated/α-hetero) is 1. The zero-order valence-electron chi connectivity index (χ0n) is 22.4. The maximum atomic E-state index is 13.7. The molecule has 0 radical (unpaired) electrons. The van der Waals surface area contributed by atoms with Crippen LogP contribution in [0.2, 0.25) is 0 Å². The molecule has 1 heterocycles. The lowest BCUT2D eigenvalue weighted by Gasteiger charge is -2.30. The topological polar surface area (TPSA) is 47.6 Å². The second-order valence-electron chi connectivity index (χ2n) is 10.3. The summed E-state index contributed by atoms with van der Waals surface area (Å²) in [6.45, 7) is 2.91. The molecule has 1 atom stereocenters. The van der Waals surface area contributed by atoms with E-state index in [9.17, 15) is 4.79 Å². The molecule has 1 N–H and O–H groups in total. The molecule has 4 heteroatoms. The van der Waals surface area contributed by atoms with Gasteiger partial charge in [-0.15, -0.1) is 0 Å². The predicted octanol–water partition coefficient (Wildman–Crippen LogP) is 7.13. The van der Waals surface area contributed by atoms with E-state index in [-0.39, 0.29) is 5.92 Å². The highest BCUT2D eigenvalue weighted by Crippen LogP contribution is 2.34. The number of hydrogen-bond acceptors (Lipinski definition) is 4. The van der Waals surface area contributed by atoms with Crippen LogP contribution in [0.5, 0.6) is 11.5 Å². The Morgan fingerprint density at radius 3 is 1.97 bits per heavy atom. The van der Waals surface area contributed by atoms with Gasteiger partial charge in [0.05, 0.1) is 0 Å². The predicted molar refractivity (Wildman–Crippen MR) is 156 cm³/mol. The second kappa shape index (κ2) is 13.8. The third-order valence-corrected chi connectivity index (χ3v) is 7.53. The third kappa shape index (κ3) is 7.58. The number of rotatable bonds is 12. The van der Waals surface area contributed by atoms with E-state index in [4.69, 9.17) is 9.47 Å². The quantitative estimate of drug-likeness (QED) is 0.216. The minimum atomic E-state index is -0.0598. The van der Waals surface area contributed by atoms with Crippen LogP contribution in [-0.2, 0) is 24.4 Å². The summed E-state index contributed by atoms with van der Waals surface area (Å²) in [6, 6.07) is 36.6. The zero-order chi connectivity index (χ0) is 26.7. The van der Waals surface area contributed by atoms with Gasteiger partial charge in [-0.05, 0) is 66.6 Å². The summed E-state index contributed by atoms with van der Waals surface area (Å²) in [5.74, 6) is 2.16. The molecule has 0 aliphatic carbocycles. The number of carbonyl (C=O) groups is 1. The third-order valence-electron chi connectivity index (χ3n) is 7.53. The number of nitrogens with one attached hydrogen (secondary N) is 1. The fourth-order valence-corrected chi connectivity index (χ4v) is 5.41. The Morgan fingerprint density at radius 1 is 0.744 bits per heavy atom. The van der Waals surface area contributed by atoms with E-state index in [0.29, 0.717) is 37.8 Å². The Kier molecular flexibility index (Phi) is 9.43. The van der Waals surface area contributed by atoms with Crippen molar-refractivity contribution in [3.8, 4) is 11.5 Å². The van der Waals surface area contributed by atoms with E-state index >= 15 is 0 Å². The van der Waals surface area contributed by atoms with Gasteiger partial charge in [-0.2, -0.15) is 0 Å². The number of carbonyl (C=O) groups excluding carboxylic acids is 1. The summed E-state index contributed by atoms with van der Waals surface area (Å²) in [5.41, 5.74) is 4.39. The minimum absolute atomic E-state index is 0.0598. The van der Waals surface area contributed by atoms with Crippen molar-refractivity contribution in [1.29, 1.82) is 0 Å². The van der Waals surface area contributed by atoms with Crippen LogP contribution < -0.4 is 14.8 Å². The molecule has 0 aromatic heterocycles. The highest BCUT2D eigenvalue weighted by Gasteiger charge is 2.30. The van der Waals surface area contributed by atoms with Crippen LogP contribution in [0.25, 0.3) is 0 Å². The van der Waals surface area contributed by atoms with Crippen LogP contribution in [0, 0.1) is 5.92 Å². The molecule has 39 heavy (non-hydrogen) atoms. The number of benzene rings is 4. The lowest BCUT2D eigenvalue weighted by molar-refractivity contribution is -0.121. The Labute approximate surface area is 232 Å². The van der Waals surface area contributed by atoms with Gasteiger partial charge in [-0.25, -0.2) is 0 Å².